The minimum atomic E-state index is -0.851. The molecule has 0 aliphatic carbocycles. The van der Waals surface area contributed by atoms with Crippen LogP contribution in [0.25, 0.3) is 5.65 Å². The van der Waals surface area contributed by atoms with E-state index in [1.54, 1.807) is 22.7 Å². The molecule has 0 amide bonds. The second kappa shape index (κ2) is 3.27. The van der Waals surface area contributed by atoms with Gasteiger partial charge in [-0.3, -0.25) is 9.20 Å². The summed E-state index contributed by atoms with van der Waals surface area (Å²) < 4.78 is 1.74. The fourth-order valence-corrected chi connectivity index (χ4v) is 1.51. The smallest absolute Gasteiger partial charge is 0.307 e. The lowest BCUT2D eigenvalue weighted by atomic mass is 10.2. The van der Waals surface area contributed by atoms with E-state index in [9.17, 15) is 4.79 Å². The van der Waals surface area contributed by atoms with Gasteiger partial charge >= 0.3 is 5.97 Å². The molecule has 0 aromatic carbocycles. The highest BCUT2D eigenvalue weighted by molar-refractivity contribution is 5.71. The highest BCUT2D eigenvalue weighted by Gasteiger charge is 2.06. The first-order chi connectivity index (χ1) is 7.08. The number of carboxylic acid groups (broad SMARTS) is 1. The summed E-state index contributed by atoms with van der Waals surface area (Å²) in [5.41, 5.74) is 7.93. The fraction of sp³-hybridized carbons (Fsp3) is 0.200. The van der Waals surface area contributed by atoms with Crippen molar-refractivity contribution in [3.05, 3.63) is 29.6 Å². The maximum absolute atomic E-state index is 10.5. The van der Waals surface area contributed by atoms with Gasteiger partial charge in [0, 0.05) is 6.20 Å². The Hall–Kier alpha value is -2.04. The summed E-state index contributed by atoms with van der Waals surface area (Å²) in [5.74, 6) is -0.262. The molecule has 0 unspecified atom stereocenters. The van der Waals surface area contributed by atoms with Crippen LogP contribution in [0.1, 0.15) is 11.3 Å². The molecule has 2 rings (SSSR count). The average Bonchev–Trinajstić information content (AvgIpc) is 2.41. The van der Waals surface area contributed by atoms with E-state index in [4.69, 9.17) is 10.8 Å². The number of nitrogens with zero attached hydrogens (tertiary/aromatic N) is 2. The largest absolute Gasteiger partial charge is 0.481 e. The highest BCUT2D eigenvalue weighted by Crippen LogP contribution is 2.15. The third-order valence-electron chi connectivity index (χ3n) is 2.27. The maximum atomic E-state index is 10.5. The Balaban J connectivity index is 2.52. The summed E-state index contributed by atoms with van der Waals surface area (Å²) in [6, 6.07) is 3.47. The number of aliphatic carboxylic acids is 1. The fourth-order valence-electron chi connectivity index (χ4n) is 1.51. The summed E-state index contributed by atoms with van der Waals surface area (Å²) in [4.78, 5) is 14.8. The molecule has 0 saturated heterocycles. The zero-order valence-corrected chi connectivity index (χ0v) is 8.27. The van der Waals surface area contributed by atoms with Gasteiger partial charge in [-0.1, -0.05) is 0 Å². The van der Waals surface area contributed by atoms with Gasteiger partial charge in [0.1, 0.15) is 11.5 Å². The van der Waals surface area contributed by atoms with Crippen LogP contribution >= 0.6 is 0 Å². The number of hydrogen-bond donors (Lipinski definition) is 2. The molecule has 0 saturated carbocycles. The Labute approximate surface area is 86.2 Å². The second-order valence-corrected chi connectivity index (χ2v) is 3.42. The zero-order valence-electron chi connectivity index (χ0n) is 8.27. The van der Waals surface area contributed by atoms with Gasteiger partial charge in [-0.25, -0.2) is 4.98 Å². The van der Waals surface area contributed by atoms with Crippen LogP contribution in [0.15, 0.2) is 18.3 Å². The van der Waals surface area contributed by atoms with Crippen LogP contribution in [-0.4, -0.2) is 20.5 Å². The molecule has 2 heterocycles. The van der Waals surface area contributed by atoms with Gasteiger partial charge in [-0.15, -0.1) is 0 Å². The van der Waals surface area contributed by atoms with E-state index in [0.717, 1.165) is 11.3 Å². The molecule has 0 fully saturated rings. The van der Waals surface area contributed by atoms with Crippen molar-refractivity contribution in [3.63, 3.8) is 0 Å². The number of carbonyl (C=O) groups is 1. The lowest BCUT2D eigenvalue weighted by Crippen LogP contribution is -2.01. The van der Waals surface area contributed by atoms with Crippen molar-refractivity contribution in [2.24, 2.45) is 0 Å². The van der Waals surface area contributed by atoms with Gasteiger partial charge in [-0.05, 0) is 24.6 Å². The number of rotatable bonds is 2. The molecular formula is C10H11N3O2. The summed E-state index contributed by atoms with van der Waals surface area (Å²) in [5, 5.41) is 8.65. The molecule has 0 atom stereocenters. The van der Waals surface area contributed by atoms with E-state index >= 15 is 0 Å². The van der Waals surface area contributed by atoms with Crippen LogP contribution in [0.2, 0.25) is 0 Å². The average molecular weight is 205 g/mol. The molecule has 0 aliphatic rings. The van der Waals surface area contributed by atoms with Gasteiger partial charge in [0.2, 0.25) is 0 Å². The molecule has 2 aromatic rings. The molecule has 15 heavy (non-hydrogen) atoms. The maximum Gasteiger partial charge on any atom is 0.307 e. The normalized spacial score (nSPS) is 10.7. The number of hydrogen-bond acceptors (Lipinski definition) is 3. The number of fused-ring (bicyclic) bond motifs is 1. The highest BCUT2D eigenvalue weighted by atomic mass is 16.4. The Morgan fingerprint density at radius 3 is 3.07 bits per heavy atom. The van der Waals surface area contributed by atoms with Crippen LogP contribution in [0.4, 0.5) is 5.82 Å². The van der Waals surface area contributed by atoms with Gasteiger partial charge < -0.3 is 10.8 Å². The molecule has 0 radical (unpaired) electrons. The Kier molecular flexibility index (Phi) is 2.07. The molecule has 78 valence electrons. The van der Waals surface area contributed by atoms with E-state index in [2.05, 4.69) is 4.98 Å². The number of aromatic nitrogens is 2. The molecule has 3 N–H and O–H groups in total. The summed E-state index contributed by atoms with van der Waals surface area (Å²) in [6.07, 6.45) is 1.74. The van der Waals surface area contributed by atoms with Crippen LogP contribution in [0.5, 0.6) is 0 Å². The number of imidazole rings is 1. The van der Waals surface area contributed by atoms with Gasteiger partial charge in [0.15, 0.2) is 0 Å². The molecule has 0 bridgehead atoms. The number of pyridine rings is 1. The van der Waals surface area contributed by atoms with E-state index in [1.165, 1.54) is 0 Å². The molecular weight excluding hydrogens is 194 g/mol. The number of carboxylic acids is 1. The summed E-state index contributed by atoms with van der Waals surface area (Å²) in [6.45, 7) is 1.82. The van der Waals surface area contributed by atoms with Crippen molar-refractivity contribution in [1.82, 2.24) is 9.38 Å². The summed E-state index contributed by atoms with van der Waals surface area (Å²) >= 11 is 0. The third-order valence-corrected chi connectivity index (χ3v) is 2.27. The number of nitrogen functional groups attached to an aromatic ring is 1. The van der Waals surface area contributed by atoms with E-state index in [1.807, 2.05) is 6.92 Å². The lowest BCUT2D eigenvalue weighted by Gasteiger charge is -1.99. The van der Waals surface area contributed by atoms with E-state index < -0.39 is 5.97 Å². The molecule has 2 aromatic heterocycles. The van der Waals surface area contributed by atoms with Gasteiger partial charge in [0.25, 0.3) is 0 Å². The zero-order chi connectivity index (χ0) is 11.0. The lowest BCUT2D eigenvalue weighted by molar-refractivity contribution is -0.136. The predicted molar refractivity (Wildman–Crippen MR) is 55.7 cm³/mol. The van der Waals surface area contributed by atoms with Crippen molar-refractivity contribution in [2.75, 3.05) is 5.73 Å². The van der Waals surface area contributed by atoms with Crippen molar-refractivity contribution in [3.8, 4) is 0 Å². The minimum Gasteiger partial charge on any atom is -0.481 e. The van der Waals surface area contributed by atoms with Crippen molar-refractivity contribution in [1.29, 1.82) is 0 Å². The van der Waals surface area contributed by atoms with Crippen LogP contribution in [-0.2, 0) is 11.2 Å². The van der Waals surface area contributed by atoms with E-state index in [0.29, 0.717) is 11.5 Å². The first-order valence-electron chi connectivity index (χ1n) is 4.53. The van der Waals surface area contributed by atoms with Crippen LogP contribution in [0, 0.1) is 6.92 Å². The first kappa shape index (κ1) is 9.51. The van der Waals surface area contributed by atoms with Crippen LogP contribution in [0.3, 0.4) is 0 Å². The standard InChI is InChI=1S/C10H11N3O2/c1-6-10(11)13-3-2-7(5-9(14)15)4-8(13)12-6/h2-4H,5,11H2,1H3,(H,14,15). The van der Waals surface area contributed by atoms with E-state index in [-0.39, 0.29) is 6.42 Å². The topological polar surface area (TPSA) is 80.6 Å². The number of anilines is 1. The predicted octanol–water partition coefficient (Wildman–Crippen LogP) is 0.852. The molecule has 5 nitrogen and oxygen atoms in total. The number of nitrogens with two attached hydrogens (primary N) is 1. The van der Waals surface area contributed by atoms with Gasteiger partial charge in [-0.2, -0.15) is 0 Å². The Morgan fingerprint density at radius 2 is 2.40 bits per heavy atom. The third kappa shape index (κ3) is 1.63. The Morgan fingerprint density at radius 1 is 1.67 bits per heavy atom. The summed E-state index contributed by atoms with van der Waals surface area (Å²) in [7, 11) is 0. The molecule has 5 heteroatoms. The SMILES string of the molecule is Cc1nc2cc(CC(=O)O)ccn2c1N. The van der Waals surface area contributed by atoms with Crippen LogP contribution < -0.4 is 5.73 Å². The molecule has 0 aliphatic heterocycles. The van der Waals surface area contributed by atoms with Crippen molar-refractivity contribution < 1.29 is 9.90 Å². The quantitative estimate of drug-likeness (QED) is 0.761. The minimum absolute atomic E-state index is 0.00229. The second-order valence-electron chi connectivity index (χ2n) is 3.42. The Bertz CT molecular complexity index is 531. The number of aryl methyl sites for hydroxylation is 1. The van der Waals surface area contributed by atoms with Crippen molar-refractivity contribution in [2.45, 2.75) is 13.3 Å². The monoisotopic (exact) mass is 205 g/mol. The first-order valence-corrected chi connectivity index (χ1v) is 4.53. The molecule has 0 spiro atoms. The van der Waals surface area contributed by atoms with Crippen molar-refractivity contribution >= 4 is 17.4 Å². The van der Waals surface area contributed by atoms with Gasteiger partial charge in [0.05, 0.1) is 12.1 Å².